The maximum Gasteiger partial charge on any atom is 0.416 e. The molecular formula is C47H63F3N6O3. The minimum absolute atomic E-state index is 0.0289. The van der Waals surface area contributed by atoms with Crippen LogP contribution in [0.3, 0.4) is 0 Å². The van der Waals surface area contributed by atoms with Crippen LogP contribution in [0.1, 0.15) is 91.2 Å². The molecule has 2 heterocycles. The van der Waals surface area contributed by atoms with Crippen LogP contribution in [0, 0.1) is 13.8 Å². The molecule has 3 aromatic rings. The number of alkyl halides is 3. The van der Waals surface area contributed by atoms with Crippen molar-refractivity contribution in [2.75, 3.05) is 64.4 Å². The lowest BCUT2D eigenvalue weighted by Crippen LogP contribution is -2.38. The Balaban J connectivity index is 1.20. The van der Waals surface area contributed by atoms with Crippen molar-refractivity contribution >= 4 is 28.5 Å². The molecule has 0 saturated carbocycles. The Morgan fingerprint density at radius 3 is 2.10 bits per heavy atom. The van der Waals surface area contributed by atoms with Crippen molar-refractivity contribution in [2.24, 2.45) is 0 Å². The lowest BCUT2D eigenvalue weighted by atomic mass is 10.0. The Hall–Kier alpha value is -4.94. The predicted molar refractivity (Wildman–Crippen MR) is 234 cm³/mol. The molecule has 0 bridgehead atoms. The van der Waals surface area contributed by atoms with Crippen LogP contribution in [-0.2, 0) is 22.3 Å². The monoisotopic (exact) mass is 816 g/mol. The summed E-state index contributed by atoms with van der Waals surface area (Å²) in [6.07, 6.45) is 24.3. The fourth-order valence-electron chi connectivity index (χ4n) is 6.82. The molecular weight excluding hydrogens is 754 g/mol. The molecule has 9 nitrogen and oxygen atoms in total. The van der Waals surface area contributed by atoms with Gasteiger partial charge in [0.1, 0.15) is 11.3 Å². The molecule has 0 radical (unpaired) electrons. The number of hydrogen-bond acceptors (Lipinski definition) is 6. The third-order valence-electron chi connectivity index (χ3n) is 10.3. The van der Waals surface area contributed by atoms with Crippen LogP contribution in [0.15, 0.2) is 91.1 Å². The van der Waals surface area contributed by atoms with Crippen LogP contribution in [0.2, 0.25) is 0 Å². The number of ether oxygens (including phenoxy) is 1. The van der Waals surface area contributed by atoms with E-state index in [-0.39, 0.29) is 23.9 Å². The molecule has 2 amide bonds. The van der Waals surface area contributed by atoms with Gasteiger partial charge in [-0.15, -0.1) is 0 Å². The number of anilines is 1. The molecule has 4 rings (SSSR count). The van der Waals surface area contributed by atoms with Gasteiger partial charge in [0, 0.05) is 57.9 Å². The van der Waals surface area contributed by atoms with E-state index in [2.05, 4.69) is 83.2 Å². The molecule has 1 aliphatic rings. The second-order valence-corrected chi connectivity index (χ2v) is 14.8. The molecule has 0 spiro atoms. The molecule has 1 aromatic heterocycles. The molecule has 1 saturated heterocycles. The minimum atomic E-state index is -4.46. The fraction of sp³-hybridized carbons (Fsp3) is 0.468. The molecule has 2 aromatic carbocycles. The number of unbranched alkanes of at least 4 members (excludes halogenated alkanes) is 1. The highest BCUT2D eigenvalue weighted by atomic mass is 19.4. The standard InChI is InChI=1S/C47H63F3N6O3/c1-5-6-7-8-9-10-11-12-13-14-15-16-17-18-19-20-21-25-44(57)51-26-28-54(4)29-27-52-46(58)41-34-40(55-30-32-59-33-31-55)35-43-45(41)53-38(3)56(43)36-39-23-22-24-42(37(39)2)47(48,49)50/h6-7,9-10,12-13,15-16,18-19,22-24,34-35H,5,8,11,14,17,20-21,25-33,36H2,1-4H3,(H,51,57)(H,52,58)/b7-6-,10-9-,13-12-,16-15-,19-18-. The number of halogens is 3. The molecule has 0 unspecified atom stereocenters. The number of carbonyl (C=O) groups excluding carboxylic acids is 2. The Morgan fingerprint density at radius 2 is 1.47 bits per heavy atom. The summed E-state index contributed by atoms with van der Waals surface area (Å²) < 4.78 is 48.6. The van der Waals surface area contributed by atoms with Crippen molar-refractivity contribution in [2.45, 2.75) is 84.9 Å². The number of hydrogen-bond donors (Lipinski definition) is 2. The zero-order valence-corrected chi connectivity index (χ0v) is 35.3. The maximum atomic E-state index is 13.7. The molecule has 0 aliphatic carbocycles. The van der Waals surface area contributed by atoms with Crippen molar-refractivity contribution in [3.63, 3.8) is 0 Å². The first-order valence-corrected chi connectivity index (χ1v) is 21.0. The van der Waals surface area contributed by atoms with Crippen LogP contribution in [0.25, 0.3) is 11.0 Å². The summed E-state index contributed by atoms with van der Waals surface area (Å²) in [5.41, 5.74) is 2.46. The van der Waals surface area contributed by atoms with Gasteiger partial charge in [-0.05, 0) is 95.2 Å². The van der Waals surface area contributed by atoms with Gasteiger partial charge in [0.05, 0.1) is 29.9 Å². The molecule has 320 valence electrons. The van der Waals surface area contributed by atoms with E-state index in [0.29, 0.717) is 86.9 Å². The number of nitrogens with one attached hydrogen (secondary N) is 2. The van der Waals surface area contributed by atoms with Crippen molar-refractivity contribution in [3.05, 3.63) is 119 Å². The van der Waals surface area contributed by atoms with Gasteiger partial charge in [0.2, 0.25) is 5.91 Å². The average Bonchev–Trinajstić information content (AvgIpc) is 3.53. The second kappa shape index (κ2) is 24.9. The normalized spacial score (nSPS) is 14.1. The number of imidazole rings is 1. The molecule has 2 N–H and O–H groups in total. The fourth-order valence-corrected chi connectivity index (χ4v) is 6.82. The summed E-state index contributed by atoms with van der Waals surface area (Å²) in [4.78, 5) is 35.1. The highest BCUT2D eigenvalue weighted by Gasteiger charge is 2.33. The lowest BCUT2D eigenvalue weighted by Gasteiger charge is -2.29. The number of fused-ring (bicyclic) bond motifs is 1. The Bertz CT molecular complexity index is 1940. The van der Waals surface area contributed by atoms with E-state index >= 15 is 0 Å². The van der Waals surface area contributed by atoms with Gasteiger partial charge in [-0.1, -0.05) is 79.8 Å². The van der Waals surface area contributed by atoms with Gasteiger partial charge in [-0.3, -0.25) is 9.59 Å². The van der Waals surface area contributed by atoms with Gasteiger partial charge in [0.15, 0.2) is 0 Å². The number of aromatic nitrogens is 2. The minimum Gasteiger partial charge on any atom is -0.378 e. The second-order valence-electron chi connectivity index (χ2n) is 14.8. The van der Waals surface area contributed by atoms with Gasteiger partial charge in [0.25, 0.3) is 5.91 Å². The summed E-state index contributed by atoms with van der Waals surface area (Å²) in [6.45, 7) is 10.1. The van der Waals surface area contributed by atoms with Crippen molar-refractivity contribution < 1.29 is 27.5 Å². The van der Waals surface area contributed by atoms with E-state index < -0.39 is 11.7 Å². The average molecular weight is 817 g/mol. The summed E-state index contributed by atoms with van der Waals surface area (Å²) in [6, 6.07) is 8.04. The van der Waals surface area contributed by atoms with E-state index in [0.717, 1.165) is 56.7 Å². The highest BCUT2D eigenvalue weighted by molar-refractivity contribution is 6.06. The molecule has 1 aliphatic heterocycles. The Kier molecular flexibility index (Phi) is 19.7. The summed E-state index contributed by atoms with van der Waals surface area (Å²) in [7, 11) is 1.94. The molecule has 0 atom stereocenters. The van der Waals surface area contributed by atoms with E-state index in [1.54, 1.807) is 13.0 Å². The number of carbonyl (C=O) groups is 2. The summed E-state index contributed by atoms with van der Waals surface area (Å²) in [5.74, 6) is 0.348. The number of likely N-dealkylation sites (N-methyl/N-ethyl adjacent to an activating group) is 1. The Labute approximate surface area is 348 Å². The smallest absolute Gasteiger partial charge is 0.378 e. The number of amides is 2. The van der Waals surface area contributed by atoms with Crippen molar-refractivity contribution in [1.29, 1.82) is 0 Å². The molecule has 12 heteroatoms. The molecule has 59 heavy (non-hydrogen) atoms. The van der Waals surface area contributed by atoms with E-state index in [1.165, 1.54) is 13.0 Å². The van der Waals surface area contributed by atoms with Crippen LogP contribution in [-0.4, -0.2) is 85.8 Å². The van der Waals surface area contributed by atoms with E-state index in [9.17, 15) is 22.8 Å². The zero-order valence-electron chi connectivity index (χ0n) is 35.3. The highest BCUT2D eigenvalue weighted by Crippen LogP contribution is 2.34. The third kappa shape index (κ3) is 15.6. The number of benzene rings is 2. The SMILES string of the molecule is CC/C=C\C/C=C\C/C=C\C/C=C\C/C=C\CCCC(=O)NCCN(C)CCNC(=O)c1cc(N2CCOCC2)cc2c1nc(C)n2Cc1cccc(C(F)(F)F)c1C. The van der Waals surface area contributed by atoms with Crippen molar-refractivity contribution in [1.82, 2.24) is 25.1 Å². The first-order valence-electron chi connectivity index (χ1n) is 21.0. The Morgan fingerprint density at radius 1 is 0.864 bits per heavy atom. The third-order valence-corrected chi connectivity index (χ3v) is 10.3. The number of aryl methyl sites for hydroxylation is 1. The largest absolute Gasteiger partial charge is 0.416 e. The number of morpholine rings is 1. The van der Waals surface area contributed by atoms with Crippen molar-refractivity contribution in [3.8, 4) is 0 Å². The van der Waals surface area contributed by atoms with Crippen LogP contribution < -0.4 is 15.5 Å². The lowest BCUT2D eigenvalue weighted by molar-refractivity contribution is -0.138. The number of rotatable bonds is 23. The zero-order chi connectivity index (χ0) is 42.5. The van der Waals surface area contributed by atoms with Gasteiger partial charge in [-0.25, -0.2) is 4.98 Å². The first kappa shape index (κ1) is 46.7. The molecule has 1 fully saturated rings. The summed E-state index contributed by atoms with van der Waals surface area (Å²) in [5, 5.41) is 6.03. The quantitative estimate of drug-likeness (QED) is 0.0733. The number of allylic oxidation sites excluding steroid dienone is 10. The van der Waals surface area contributed by atoms with Crippen LogP contribution in [0.4, 0.5) is 18.9 Å². The number of nitrogens with zero attached hydrogens (tertiary/aromatic N) is 4. The predicted octanol–water partition coefficient (Wildman–Crippen LogP) is 9.26. The van der Waals surface area contributed by atoms with Crippen LogP contribution in [0.5, 0.6) is 0 Å². The van der Waals surface area contributed by atoms with Gasteiger partial charge < -0.3 is 29.7 Å². The van der Waals surface area contributed by atoms with E-state index in [1.807, 2.05) is 28.6 Å². The van der Waals surface area contributed by atoms with Gasteiger partial charge in [-0.2, -0.15) is 13.2 Å². The van der Waals surface area contributed by atoms with Gasteiger partial charge >= 0.3 is 6.18 Å². The topological polar surface area (TPSA) is 91.7 Å². The van der Waals surface area contributed by atoms with Crippen LogP contribution >= 0.6 is 0 Å². The maximum absolute atomic E-state index is 13.7. The first-order chi connectivity index (χ1) is 28.5. The van der Waals surface area contributed by atoms with E-state index in [4.69, 9.17) is 9.72 Å². The summed E-state index contributed by atoms with van der Waals surface area (Å²) >= 11 is 0.